The van der Waals surface area contributed by atoms with E-state index < -0.39 is 11.7 Å². The molecule has 0 saturated heterocycles. The fraction of sp³-hybridized carbons (Fsp3) is 0.304. The molecule has 7 nitrogen and oxygen atoms in total. The van der Waals surface area contributed by atoms with Crippen LogP contribution in [0.3, 0.4) is 0 Å². The second kappa shape index (κ2) is 9.45. The monoisotopic (exact) mass is 411 g/mol. The predicted molar refractivity (Wildman–Crippen MR) is 113 cm³/mol. The number of carbonyl (C=O) groups excluding carboxylic acids is 1. The zero-order chi connectivity index (χ0) is 21.7. The lowest BCUT2D eigenvalue weighted by Crippen LogP contribution is -2.29. The molecule has 1 unspecified atom stereocenters. The molecule has 0 aliphatic heterocycles. The number of nitrogens with one attached hydrogen (secondary N) is 1. The molecule has 0 spiro atoms. The number of aryl methyl sites for hydroxylation is 1. The van der Waals surface area contributed by atoms with Gasteiger partial charge in [-0.3, -0.25) is 4.79 Å². The molecule has 30 heavy (non-hydrogen) atoms. The Balaban J connectivity index is 1.61. The SMILES string of the molecule is COc1ccc(C(O)CNC(=O)CCc2c(C)c3ccc(OC)cc3oc2=O)cc1. The van der Waals surface area contributed by atoms with Crippen LogP contribution >= 0.6 is 0 Å². The molecule has 1 aromatic heterocycles. The van der Waals surface area contributed by atoms with E-state index in [1.807, 2.05) is 13.0 Å². The maximum Gasteiger partial charge on any atom is 0.339 e. The maximum absolute atomic E-state index is 12.4. The number of carbonyl (C=O) groups is 1. The van der Waals surface area contributed by atoms with Gasteiger partial charge in [-0.25, -0.2) is 4.79 Å². The van der Waals surface area contributed by atoms with Crippen molar-refractivity contribution in [2.24, 2.45) is 0 Å². The highest BCUT2D eigenvalue weighted by Gasteiger charge is 2.15. The van der Waals surface area contributed by atoms with Crippen LogP contribution in [0.15, 0.2) is 51.7 Å². The fourth-order valence-corrected chi connectivity index (χ4v) is 3.27. The van der Waals surface area contributed by atoms with E-state index in [0.717, 1.165) is 10.9 Å². The first-order valence-corrected chi connectivity index (χ1v) is 9.62. The molecule has 3 rings (SSSR count). The minimum absolute atomic E-state index is 0.0796. The van der Waals surface area contributed by atoms with Gasteiger partial charge >= 0.3 is 5.63 Å². The second-order valence-electron chi connectivity index (χ2n) is 6.95. The Morgan fingerprint density at radius 2 is 1.77 bits per heavy atom. The number of ether oxygens (including phenoxy) is 2. The first-order valence-electron chi connectivity index (χ1n) is 9.62. The fourth-order valence-electron chi connectivity index (χ4n) is 3.27. The molecule has 0 bridgehead atoms. The quantitative estimate of drug-likeness (QED) is 0.553. The Kier molecular flexibility index (Phi) is 6.74. The number of aliphatic hydroxyl groups excluding tert-OH is 1. The van der Waals surface area contributed by atoms with E-state index in [1.54, 1.807) is 50.6 Å². The van der Waals surface area contributed by atoms with Crippen LogP contribution < -0.4 is 20.4 Å². The summed E-state index contributed by atoms with van der Waals surface area (Å²) in [6.07, 6.45) is -0.467. The zero-order valence-electron chi connectivity index (χ0n) is 17.2. The van der Waals surface area contributed by atoms with Crippen molar-refractivity contribution in [1.29, 1.82) is 0 Å². The van der Waals surface area contributed by atoms with Gasteiger partial charge in [-0.15, -0.1) is 0 Å². The van der Waals surface area contributed by atoms with E-state index in [1.165, 1.54) is 0 Å². The summed E-state index contributed by atoms with van der Waals surface area (Å²) in [6, 6.07) is 12.3. The van der Waals surface area contributed by atoms with Gasteiger partial charge in [0.05, 0.1) is 20.3 Å². The lowest BCUT2D eigenvalue weighted by Gasteiger charge is -2.13. The van der Waals surface area contributed by atoms with E-state index in [-0.39, 0.29) is 25.3 Å². The highest BCUT2D eigenvalue weighted by atomic mass is 16.5. The number of benzene rings is 2. The van der Waals surface area contributed by atoms with Crippen molar-refractivity contribution in [1.82, 2.24) is 5.32 Å². The van der Waals surface area contributed by atoms with Crippen LogP contribution in [-0.4, -0.2) is 31.8 Å². The summed E-state index contributed by atoms with van der Waals surface area (Å²) in [5.74, 6) is 1.04. The number of hydrogen-bond donors (Lipinski definition) is 2. The number of amides is 1. The van der Waals surface area contributed by atoms with Gasteiger partial charge < -0.3 is 24.3 Å². The molecule has 0 fully saturated rings. The Hall–Kier alpha value is -3.32. The molecule has 1 atom stereocenters. The summed E-state index contributed by atoms with van der Waals surface area (Å²) >= 11 is 0. The molecular formula is C23H25NO6. The van der Waals surface area contributed by atoms with Crippen LogP contribution in [0.1, 0.15) is 29.2 Å². The number of fused-ring (bicyclic) bond motifs is 1. The number of hydrogen-bond acceptors (Lipinski definition) is 6. The molecule has 1 amide bonds. The van der Waals surface area contributed by atoms with Crippen molar-refractivity contribution >= 4 is 16.9 Å². The molecule has 0 saturated carbocycles. The Labute approximate surface area is 174 Å². The smallest absolute Gasteiger partial charge is 0.339 e. The van der Waals surface area contributed by atoms with Gasteiger partial charge in [-0.2, -0.15) is 0 Å². The third-order valence-corrected chi connectivity index (χ3v) is 5.09. The van der Waals surface area contributed by atoms with Crippen LogP contribution in [0.5, 0.6) is 11.5 Å². The van der Waals surface area contributed by atoms with Crippen molar-refractivity contribution in [3.05, 3.63) is 69.6 Å². The van der Waals surface area contributed by atoms with Crippen molar-refractivity contribution < 1.29 is 23.8 Å². The van der Waals surface area contributed by atoms with Gasteiger partial charge in [0.25, 0.3) is 0 Å². The molecule has 3 aromatic rings. The van der Waals surface area contributed by atoms with Gasteiger partial charge in [0.15, 0.2) is 0 Å². The van der Waals surface area contributed by atoms with Crippen molar-refractivity contribution in [2.75, 3.05) is 20.8 Å². The molecule has 1 heterocycles. The third kappa shape index (κ3) is 4.80. The maximum atomic E-state index is 12.4. The summed E-state index contributed by atoms with van der Waals surface area (Å²) in [7, 11) is 3.12. The average molecular weight is 411 g/mol. The zero-order valence-corrected chi connectivity index (χ0v) is 17.2. The largest absolute Gasteiger partial charge is 0.497 e. The lowest BCUT2D eigenvalue weighted by molar-refractivity contribution is -0.121. The van der Waals surface area contributed by atoms with Crippen LogP contribution in [0.4, 0.5) is 0 Å². The van der Waals surface area contributed by atoms with Crippen molar-refractivity contribution in [3.63, 3.8) is 0 Å². The summed E-state index contributed by atoms with van der Waals surface area (Å²) in [6.45, 7) is 1.92. The summed E-state index contributed by atoms with van der Waals surface area (Å²) in [4.78, 5) is 24.6. The number of methoxy groups -OCH3 is 2. The van der Waals surface area contributed by atoms with Crippen LogP contribution in [0.2, 0.25) is 0 Å². The molecule has 0 radical (unpaired) electrons. The number of rotatable bonds is 8. The molecule has 2 aromatic carbocycles. The van der Waals surface area contributed by atoms with E-state index in [4.69, 9.17) is 13.9 Å². The predicted octanol–water partition coefficient (Wildman–Crippen LogP) is 2.90. The normalized spacial score (nSPS) is 11.9. The number of aliphatic hydroxyl groups is 1. The van der Waals surface area contributed by atoms with Gasteiger partial charge in [0.2, 0.25) is 5.91 Å². The van der Waals surface area contributed by atoms with E-state index in [0.29, 0.717) is 28.2 Å². The molecule has 7 heteroatoms. The molecule has 0 aliphatic carbocycles. The third-order valence-electron chi connectivity index (χ3n) is 5.09. The standard InChI is InChI=1S/C23H25NO6/c1-14-18-9-8-17(29-3)12-21(18)30-23(27)19(14)10-11-22(26)24-13-20(25)15-4-6-16(28-2)7-5-15/h4-9,12,20,25H,10-11,13H2,1-3H3,(H,24,26). The van der Waals surface area contributed by atoms with Gasteiger partial charge in [-0.1, -0.05) is 12.1 Å². The summed E-state index contributed by atoms with van der Waals surface area (Å²) in [5.41, 5.74) is 1.93. The molecule has 158 valence electrons. The minimum atomic E-state index is -0.831. The molecule has 0 aliphatic rings. The highest BCUT2D eigenvalue weighted by molar-refractivity contribution is 5.82. The van der Waals surface area contributed by atoms with Gasteiger partial charge in [0.1, 0.15) is 17.1 Å². The lowest BCUT2D eigenvalue weighted by atomic mass is 10.0. The first kappa shape index (κ1) is 21.4. The summed E-state index contributed by atoms with van der Waals surface area (Å²) < 4.78 is 15.7. The molecule has 2 N–H and O–H groups in total. The van der Waals surface area contributed by atoms with Crippen molar-refractivity contribution in [3.8, 4) is 11.5 Å². The van der Waals surface area contributed by atoms with E-state index >= 15 is 0 Å². The van der Waals surface area contributed by atoms with Gasteiger partial charge in [-0.05, 0) is 48.7 Å². The summed E-state index contributed by atoms with van der Waals surface area (Å²) in [5, 5.41) is 13.7. The highest BCUT2D eigenvalue weighted by Crippen LogP contribution is 2.24. The Bertz CT molecular complexity index is 1090. The topological polar surface area (TPSA) is 98.0 Å². The van der Waals surface area contributed by atoms with Gasteiger partial charge in [0, 0.05) is 30.0 Å². The average Bonchev–Trinajstić information content (AvgIpc) is 2.76. The Morgan fingerprint density at radius 1 is 1.10 bits per heavy atom. The minimum Gasteiger partial charge on any atom is -0.497 e. The Morgan fingerprint density at radius 3 is 2.43 bits per heavy atom. The van der Waals surface area contributed by atoms with E-state index in [2.05, 4.69) is 5.32 Å². The van der Waals surface area contributed by atoms with Crippen LogP contribution in [0, 0.1) is 6.92 Å². The van der Waals surface area contributed by atoms with Crippen LogP contribution in [-0.2, 0) is 11.2 Å². The van der Waals surface area contributed by atoms with E-state index in [9.17, 15) is 14.7 Å². The second-order valence-corrected chi connectivity index (χ2v) is 6.95. The van der Waals surface area contributed by atoms with Crippen LogP contribution in [0.25, 0.3) is 11.0 Å². The van der Waals surface area contributed by atoms with Crippen molar-refractivity contribution in [2.45, 2.75) is 25.9 Å². The first-order chi connectivity index (χ1) is 14.4. The molecular weight excluding hydrogens is 386 g/mol.